The van der Waals surface area contributed by atoms with Gasteiger partial charge in [-0.15, -0.1) is 0 Å². The summed E-state index contributed by atoms with van der Waals surface area (Å²) >= 11 is 10.7. The molecule has 65 heavy (non-hydrogen) atoms. The number of anilines is 2. The van der Waals surface area contributed by atoms with Gasteiger partial charge in [0.05, 0.1) is 48.9 Å². The summed E-state index contributed by atoms with van der Waals surface area (Å²) in [6, 6.07) is 43.6. The Morgan fingerprint density at radius 3 is 1.06 bits per heavy atom. The van der Waals surface area contributed by atoms with E-state index in [0.29, 0.717) is 29.7 Å². The number of hydrogen-bond donors (Lipinski definition) is 2. The van der Waals surface area contributed by atoms with Crippen LogP contribution in [0.5, 0.6) is 0 Å². The van der Waals surface area contributed by atoms with Crippen molar-refractivity contribution in [2.45, 2.75) is 12.8 Å². The Morgan fingerprint density at radius 2 is 0.738 bits per heavy atom. The van der Waals surface area contributed by atoms with Gasteiger partial charge in [-0.25, -0.2) is 0 Å². The molecular formula is C48H33Cl2N7O8. The molecule has 17 heteroatoms. The van der Waals surface area contributed by atoms with E-state index in [1.807, 2.05) is 48.5 Å². The van der Waals surface area contributed by atoms with Gasteiger partial charge in [0.15, 0.2) is 0 Å². The Labute approximate surface area is 379 Å². The molecule has 9 rings (SSSR count). The van der Waals surface area contributed by atoms with Gasteiger partial charge in [0, 0.05) is 60.4 Å². The van der Waals surface area contributed by atoms with Crippen molar-refractivity contribution in [3.05, 3.63) is 215 Å². The first-order valence-electron chi connectivity index (χ1n) is 19.4. The zero-order valence-electron chi connectivity index (χ0n) is 33.8. The molecule has 0 aromatic heterocycles. The summed E-state index contributed by atoms with van der Waals surface area (Å²) < 4.78 is 0. The van der Waals surface area contributed by atoms with E-state index in [4.69, 9.17) is 34.7 Å². The van der Waals surface area contributed by atoms with Gasteiger partial charge in [0.25, 0.3) is 27.5 Å². The molecule has 7 aromatic rings. The number of rotatable bonds is 9. The molecule has 0 spiro atoms. The molecule has 0 atom stereocenters. The SMILES string of the molecule is Nc1ccc([N+](=O)[O-])cc1N.O=C(Cl)c1ccc(-c2ccc(C(=O)Cl)cc2)cc1.O=[N+]([O-])c1ccc2c(c1)CC(c1ccc(-c3ccc(C4=Nc5ccc([N+](=O)[O-])cc5C4)cc3)cc1)=N2. The van der Waals surface area contributed by atoms with Crippen molar-refractivity contribution in [1.82, 2.24) is 0 Å². The summed E-state index contributed by atoms with van der Waals surface area (Å²) in [6.45, 7) is 0. The van der Waals surface area contributed by atoms with E-state index in [2.05, 4.69) is 9.98 Å². The fourth-order valence-corrected chi connectivity index (χ4v) is 7.16. The predicted octanol–water partition coefficient (Wildman–Crippen LogP) is 11.4. The highest BCUT2D eigenvalue weighted by molar-refractivity contribution is 6.68. The van der Waals surface area contributed by atoms with E-state index in [0.717, 1.165) is 67.3 Å². The molecule has 0 bridgehead atoms. The van der Waals surface area contributed by atoms with Gasteiger partial charge in [-0.3, -0.25) is 49.9 Å². The van der Waals surface area contributed by atoms with Crippen LogP contribution in [-0.4, -0.2) is 36.7 Å². The van der Waals surface area contributed by atoms with Gasteiger partial charge in [-0.1, -0.05) is 72.8 Å². The van der Waals surface area contributed by atoms with Gasteiger partial charge >= 0.3 is 0 Å². The fraction of sp³-hybridized carbons (Fsp3) is 0.0417. The molecule has 0 saturated heterocycles. The average molecular weight is 907 g/mol. The molecule has 0 aliphatic carbocycles. The summed E-state index contributed by atoms with van der Waals surface area (Å²) in [4.78, 5) is 62.1. The lowest BCUT2D eigenvalue weighted by Gasteiger charge is -2.06. The standard InChI is InChI=1S/C28H18N4O4.C14H8Cl2O2.C6H7N3O2/c33-31(34)23-9-11-25-21(13-23)15-27(29-25)19-5-1-17(2-6-19)18-3-7-20(8-4-18)28-16-22-14-24(32(35)36)10-12-26(22)30-28;15-13(17)11-5-1-9(2-6-11)10-3-7-12(8-4-10)14(16)18;7-5-2-1-4(9(10)11)3-6(5)8/h1-14H,15-16H2;1-8H;1-3H,7-8H2. The van der Waals surface area contributed by atoms with Crippen LogP contribution in [0.1, 0.15) is 43.0 Å². The smallest absolute Gasteiger partial charge is 0.271 e. The number of nitro groups is 3. The van der Waals surface area contributed by atoms with Crippen molar-refractivity contribution >= 4 is 84.9 Å². The number of aliphatic imine (C=N–C) groups is 2. The highest BCUT2D eigenvalue weighted by Crippen LogP contribution is 2.34. The second kappa shape index (κ2) is 19.3. The van der Waals surface area contributed by atoms with Crippen molar-refractivity contribution in [3.63, 3.8) is 0 Å². The van der Waals surface area contributed by atoms with E-state index < -0.39 is 15.4 Å². The monoisotopic (exact) mass is 905 g/mol. The Morgan fingerprint density at radius 1 is 0.431 bits per heavy atom. The first kappa shape index (κ1) is 44.6. The topological polar surface area (TPSA) is 240 Å². The molecule has 4 N–H and O–H groups in total. The van der Waals surface area contributed by atoms with E-state index in [1.165, 1.54) is 30.3 Å². The third kappa shape index (κ3) is 10.6. The molecule has 0 unspecified atom stereocenters. The maximum absolute atomic E-state index is 11.0. The van der Waals surface area contributed by atoms with Crippen molar-refractivity contribution in [1.29, 1.82) is 0 Å². The number of nitro benzene ring substituents is 3. The quantitative estimate of drug-likeness (QED) is 0.0600. The maximum Gasteiger partial charge on any atom is 0.271 e. The van der Waals surface area contributed by atoms with Crippen molar-refractivity contribution in [3.8, 4) is 22.3 Å². The van der Waals surface area contributed by atoms with Crippen LogP contribution in [0.25, 0.3) is 22.3 Å². The summed E-state index contributed by atoms with van der Waals surface area (Å²) in [5, 5.41) is 31.3. The van der Waals surface area contributed by atoms with E-state index in [9.17, 15) is 39.9 Å². The summed E-state index contributed by atoms with van der Waals surface area (Å²) in [6.07, 6.45) is 1.14. The Bertz CT molecular complexity index is 2910. The summed E-state index contributed by atoms with van der Waals surface area (Å²) in [7, 11) is 0. The van der Waals surface area contributed by atoms with Gasteiger partial charge in [0.1, 0.15) is 0 Å². The van der Waals surface area contributed by atoms with Gasteiger partial charge in [0.2, 0.25) is 0 Å². The Hall–Kier alpha value is -8.40. The van der Waals surface area contributed by atoms with Crippen LogP contribution in [0.15, 0.2) is 162 Å². The first-order chi connectivity index (χ1) is 31.1. The largest absolute Gasteiger partial charge is 0.397 e. The van der Waals surface area contributed by atoms with Crippen LogP contribution in [0.3, 0.4) is 0 Å². The molecule has 0 radical (unpaired) electrons. The zero-order valence-corrected chi connectivity index (χ0v) is 35.3. The van der Waals surface area contributed by atoms with Crippen LogP contribution < -0.4 is 11.5 Å². The minimum atomic E-state index is -0.518. The molecule has 15 nitrogen and oxygen atoms in total. The number of nitrogens with two attached hydrogens (primary N) is 2. The molecule has 2 heterocycles. The minimum Gasteiger partial charge on any atom is -0.397 e. The first-order valence-corrected chi connectivity index (χ1v) is 20.2. The molecule has 2 aliphatic rings. The van der Waals surface area contributed by atoms with E-state index in [1.54, 1.807) is 72.8 Å². The summed E-state index contributed by atoms with van der Waals surface area (Å²) in [5.74, 6) is 0. The number of nitrogen functional groups attached to an aromatic ring is 2. The molecule has 0 saturated carbocycles. The number of non-ortho nitro benzene ring substituents is 3. The molecular weight excluding hydrogens is 873 g/mol. The highest BCUT2D eigenvalue weighted by Gasteiger charge is 2.21. The lowest BCUT2D eigenvalue weighted by Crippen LogP contribution is -2.01. The van der Waals surface area contributed by atoms with Crippen LogP contribution in [0.2, 0.25) is 0 Å². The van der Waals surface area contributed by atoms with Crippen molar-refractivity contribution in [2.75, 3.05) is 11.5 Å². The zero-order chi connectivity index (χ0) is 46.4. The second-order valence-corrected chi connectivity index (χ2v) is 15.2. The number of carbonyl (C=O) groups is 2. The Kier molecular flexibility index (Phi) is 13.3. The third-order valence-corrected chi connectivity index (χ3v) is 10.8. The fourth-order valence-electron chi connectivity index (χ4n) is 6.91. The number of fused-ring (bicyclic) bond motifs is 2. The van der Waals surface area contributed by atoms with Crippen LogP contribution >= 0.6 is 23.2 Å². The molecule has 322 valence electrons. The highest BCUT2D eigenvalue weighted by atomic mass is 35.5. The molecule has 7 aromatic carbocycles. The minimum absolute atomic E-state index is 0.0447. The molecule has 0 fully saturated rings. The number of carbonyl (C=O) groups excluding carboxylic acids is 2. The number of benzene rings is 7. The predicted molar refractivity (Wildman–Crippen MR) is 252 cm³/mol. The van der Waals surface area contributed by atoms with Gasteiger partial charge in [-0.2, -0.15) is 0 Å². The number of hydrogen-bond acceptors (Lipinski definition) is 12. The van der Waals surface area contributed by atoms with Crippen molar-refractivity contribution in [2.24, 2.45) is 9.98 Å². The van der Waals surface area contributed by atoms with Crippen LogP contribution in [0.4, 0.5) is 39.8 Å². The average Bonchev–Trinajstić information content (AvgIpc) is 3.95. The van der Waals surface area contributed by atoms with Gasteiger partial charge in [-0.05, 0) is 110 Å². The van der Waals surface area contributed by atoms with Crippen LogP contribution in [0, 0.1) is 30.3 Å². The van der Waals surface area contributed by atoms with E-state index in [-0.39, 0.29) is 32.6 Å². The third-order valence-electron chi connectivity index (χ3n) is 10.4. The number of nitrogens with zero attached hydrogens (tertiary/aromatic N) is 5. The second-order valence-electron chi connectivity index (χ2n) is 14.5. The van der Waals surface area contributed by atoms with Gasteiger partial charge < -0.3 is 11.5 Å². The normalized spacial score (nSPS) is 11.9. The Balaban J connectivity index is 0.000000179. The number of halogens is 2. The van der Waals surface area contributed by atoms with Crippen molar-refractivity contribution < 1.29 is 24.4 Å². The maximum atomic E-state index is 11.0. The summed E-state index contributed by atoms with van der Waals surface area (Å²) in [5.41, 5.74) is 23.3. The lowest BCUT2D eigenvalue weighted by atomic mass is 9.98. The molecule has 2 aliphatic heterocycles. The van der Waals surface area contributed by atoms with Crippen LogP contribution in [-0.2, 0) is 12.8 Å². The van der Waals surface area contributed by atoms with E-state index >= 15 is 0 Å². The lowest BCUT2D eigenvalue weighted by molar-refractivity contribution is -0.385. The molecule has 0 amide bonds.